The lowest BCUT2D eigenvalue weighted by atomic mass is 9.95. The van der Waals surface area contributed by atoms with E-state index in [1.165, 1.54) is 0 Å². The standard InChI is InChI=1S/C16H22N2O3/c19-15(11-13-5-4-9-17-12-13)18(10-8-16(20)21)14-6-2-1-3-7-14/h1-3,6-7,13,17H,4-5,8-12H2,(H,20,21). The van der Waals surface area contributed by atoms with Crippen molar-refractivity contribution in [2.24, 2.45) is 5.92 Å². The van der Waals surface area contributed by atoms with E-state index in [4.69, 9.17) is 5.11 Å². The van der Waals surface area contributed by atoms with Crippen molar-refractivity contribution in [1.82, 2.24) is 5.32 Å². The maximum absolute atomic E-state index is 12.5. The molecule has 1 heterocycles. The molecule has 0 bridgehead atoms. The first-order valence-electron chi connectivity index (χ1n) is 7.44. The van der Waals surface area contributed by atoms with Gasteiger partial charge in [0.15, 0.2) is 0 Å². The van der Waals surface area contributed by atoms with Crippen LogP contribution in [0.15, 0.2) is 30.3 Å². The second-order valence-electron chi connectivity index (χ2n) is 5.44. The number of carboxylic acid groups (broad SMARTS) is 1. The maximum Gasteiger partial charge on any atom is 0.305 e. The summed E-state index contributed by atoms with van der Waals surface area (Å²) >= 11 is 0. The van der Waals surface area contributed by atoms with Crippen molar-refractivity contribution in [2.45, 2.75) is 25.7 Å². The van der Waals surface area contributed by atoms with E-state index < -0.39 is 5.97 Å². The highest BCUT2D eigenvalue weighted by molar-refractivity contribution is 5.94. The highest BCUT2D eigenvalue weighted by Gasteiger charge is 2.22. The number of carbonyl (C=O) groups is 2. The normalized spacial score (nSPS) is 18.2. The van der Waals surface area contributed by atoms with Crippen molar-refractivity contribution in [3.8, 4) is 0 Å². The number of para-hydroxylation sites is 1. The minimum atomic E-state index is -0.886. The third-order valence-corrected chi connectivity index (χ3v) is 3.78. The molecule has 1 amide bonds. The topological polar surface area (TPSA) is 69.6 Å². The maximum atomic E-state index is 12.5. The number of rotatable bonds is 6. The average molecular weight is 290 g/mol. The predicted molar refractivity (Wildman–Crippen MR) is 81.3 cm³/mol. The van der Waals surface area contributed by atoms with Crippen molar-refractivity contribution in [3.63, 3.8) is 0 Å². The fourth-order valence-electron chi connectivity index (χ4n) is 2.67. The van der Waals surface area contributed by atoms with E-state index in [-0.39, 0.29) is 18.9 Å². The minimum Gasteiger partial charge on any atom is -0.481 e. The van der Waals surface area contributed by atoms with Gasteiger partial charge in [0.05, 0.1) is 6.42 Å². The van der Waals surface area contributed by atoms with E-state index in [1.807, 2.05) is 30.3 Å². The van der Waals surface area contributed by atoms with Crippen LogP contribution < -0.4 is 10.2 Å². The second-order valence-corrected chi connectivity index (χ2v) is 5.44. The van der Waals surface area contributed by atoms with Crippen molar-refractivity contribution >= 4 is 17.6 Å². The van der Waals surface area contributed by atoms with Crippen molar-refractivity contribution in [2.75, 3.05) is 24.5 Å². The first kappa shape index (κ1) is 15.5. The minimum absolute atomic E-state index is 0.0103. The number of aliphatic carboxylic acids is 1. The lowest BCUT2D eigenvalue weighted by Gasteiger charge is -2.27. The number of nitrogens with one attached hydrogen (secondary N) is 1. The Hall–Kier alpha value is -1.88. The van der Waals surface area contributed by atoms with Crippen LogP contribution in [0.3, 0.4) is 0 Å². The molecule has 114 valence electrons. The summed E-state index contributed by atoms with van der Waals surface area (Å²) in [6.45, 7) is 2.11. The molecule has 1 fully saturated rings. The van der Waals surface area contributed by atoms with Gasteiger partial charge in [0.2, 0.25) is 5.91 Å². The Bertz CT molecular complexity index is 470. The first-order chi connectivity index (χ1) is 10.2. The zero-order valence-electron chi connectivity index (χ0n) is 12.1. The molecule has 1 unspecified atom stereocenters. The molecule has 0 aliphatic carbocycles. The summed E-state index contributed by atoms with van der Waals surface area (Å²) < 4.78 is 0. The summed E-state index contributed by atoms with van der Waals surface area (Å²) in [6, 6.07) is 9.29. The molecular weight excluding hydrogens is 268 g/mol. The molecule has 1 saturated heterocycles. The Morgan fingerprint density at radius 2 is 2.05 bits per heavy atom. The summed E-state index contributed by atoms with van der Waals surface area (Å²) in [7, 11) is 0. The molecule has 1 aromatic carbocycles. The fourth-order valence-corrected chi connectivity index (χ4v) is 2.67. The number of anilines is 1. The molecule has 5 nitrogen and oxygen atoms in total. The highest BCUT2D eigenvalue weighted by atomic mass is 16.4. The highest BCUT2D eigenvalue weighted by Crippen LogP contribution is 2.20. The van der Waals surface area contributed by atoms with Gasteiger partial charge >= 0.3 is 5.97 Å². The molecular formula is C16H22N2O3. The fraction of sp³-hybridized carbons (Fsp3) is 0.500. The van der Waals surface area contributed by atoms with Gasteiger partial charge in [0.1, 0.15) is 0 Å². The Morgan fingerprint density at radius 3 is 2.67 bits per heavy atom. The van der Waals surface area contributed by atoms with E-state index in [9.17, 15) is 9.59 Å². The van der Waals surface area contributed by atoms with Crippen molar-refractivity contribution in [3.05, 3.63) is 30.3 Å². The number of carbonyl (C=O) groups excluding carboxylic acids is 1. The summed E-state index contributed by atoms with van der Waals surface area (Å²) in [4.78, 5) is 24.9. The van der Waals surface area contributed by atoms with Crippen LogP contribution in [0.4, 0.5) is 5.69 Å². The number of hydrogen-bond acceptors (Lipinski definition) is 3. The van der Waals surface area contributed by atoms with Crippen molar-refractivity contribution in [1.29, 1.82) is 0 Å². The summed E-state index contributed by atoms with van der Waals surface area (Å²) in [5, 5.41) is 12.2. The third kappa shape index (κ3) is 4.86. The lowest BCUT2D eigenvalue weighted by Crippen LogP contribution is -2.37. The SMILES string of the molecule is O=C(O)CCN(C(=O)CC1CCCNC1)c1ccccc1. The Labute approximate surface area is 125 Å². The van der Waals surface area contributed by atoms with Gasteiger partial charge in [-0.05, 0) is 44.0 Å². The van der Waals surface area contributed by atoms with Gasteiger partial charge in [-0.3, -0.25) is 9.59 Å². The molecule has 21 heavy (non-hydrogen) atoms. The van der Waals surface area contributed by atoms with Crippen LogP contribution in [-0.2, 0) is 9.59 Å². The predicted octanol–water partition coefficient (Wildman–Crippen LogP) is 1.88. The third-order valence-electron chi connectivity index (χ3n) is 3.78. The monoisotopic (exact) mass is 290 g/mol. The van der Waals surface area contributed by atoms with E-state index in [0.717, 1.165) is 31.6 Å². The first-order valence-corrected chi connectivity index (χ1v) is 7.44. The molecule has 2 rings (SSSR count). The number of hydrogen-bond donors (Lipinski definition) is 2. The van der Waals surface area contributed by atoms with Gasteiger partial charge in [-0.1, -0.05) is 18.2 Å². The molecule has 1 aliphatic heterocycles. The number of carboxylic acids is 1. The smallest absolute Gasteiger partial charge is 0.305 e. The lowest BCUT2D eigenvalue weighted by molar-refractivity contribution is -0.136. The van der Waals surface area contributed by atoms with E-state index in [1.54, 1.807) is 4.90 Å². The summed E-state index contributed by atoms with van der Waals surface area (Å²) in [6.07, 6.45) is 2.59. The van der Waals surface area contributed by atoms with E-state index in [0.29, 0.717) is 12.3 Å². The van der Waals surface area contributed by atoms with Gasteiger partial charge in [-0.15, -0.1) is 0 Å². The largest absolute Gasteiger partial charge is 0.481 e. The number of amides is 1. The van der Waals surface area contributed by atoms with Gasteiger partial charge in [-0.2, -0.15) is 0 Å². The van der Waals surface area contributed by atoms with Crippen LogP contribution in [-0.4, -0.2) is 36.6 Å². The van der Waals surface area contributed by atoms with E-state index in [2.05, 4.69) is 5.32 Å². The second kappa shape index (κ2) is 7.78. The van der Waals surface area contributed by atoms with Crippen LogP contribution in [0.2, 0.25) is 0 Å². The molecule has 0 saturated carbocycles. The summed E-state index contributed by atoms with van der Waals surface area (Å²) in [5.41, 5.74) is 0.771. The molecule has 0 spiro atoms. The average Bonchev–Trinajstić information content (AvgIpc) is 2.49. The van der Waals surface area contributed by atoms with Crippen LogP contribution >= 0.6 is 0 Å². The molecule has 1 aliphatic rings. The van der Waals surface area contributed by atoms with Gasteiger partial charge < -0.3 is 15.3 Å². The van der Waals surface area contributed by atoms with Gasteiger partial charge in [0, 0.05) is 18.7 Å². The van der Waals surface area contributed by atoms with E-state index >= 15 is 0 Å². The zero-order valence-corrected chi connectivity index (χ0v) is 12.1. The Morgan fingerprint density at radius 1 is 1.29 bits per heavy atom. The molecule has 0 radical (unpaired) electrons. The van der Waals surface area contributed by atoms with Crippen LogP contribution in [0.5, 0.6) is 0 Å². The molecule has 1 atom stereocenters. The number of nitrogens with zero attached hydrogens (tertiary/aromatic N) is 1. The Kier molecular flexibility index (Phi) is 5.75. The van der Waals surface area contributed by atoms with Gasteiger partial charge in [-0.25, -0.2) is 0 Å². The number of piperidine rings is 1. The molecule has 2 N–H and O–H groups in total. The molecule has 1 aromatic rings. The van der Waals surface area contributed by atoms with Crippen LogP contribution in [0.25, 0.3) is 0 Å². The zero-order chi connectivity index (χ0) is 15.1. The number of benzene rings is 1. The van der Waals surface area contributed by atoms with Crippen LogP contribution in [0.1, 0.15) is 25.7 Å². The van der Waals surface area contributed by atoms with Crippen molar-refractivity contribution < 1.29 is 14.7 Å². The Balaban J connectivity index is 2.02. The summed E-state index contributed by atoms with van der Waals surface area (Å²) in [5.74, 6) is -0.526. The quantitative estimate of drug-likeness (QED) is 0.839. The molecule has 0 aromatic heterocycles. The molecule has 5 heteroatoms. The van der Waals surface area contributed by atoms with Gasteiger partial charge in [0.25, 0.3) is 0 Å². The van der Waals surface area contributed by atoms with Crippen LogP contribution in [0, 0.1) is 5.92 Å².